The van der Waals surface area contributed by atoms with E-state index in [1.165, 1.54) is 36.8 Å². The lowest BCUT2D eigenvalue weighted by Crippen LogP contribution is -2.29. The summed E-state index contributed by atoms with van der Waals surface area (Å²) in [5, 5.41) is 4.47. The van der Waals surface area contributed by atoms with Gasteiger partial charge in [-0.2, -0.15) is 0 Å². The highest BCUT2D eigenvalue weighted by Gasteiger charge is 2.20. The van der Waals surface area contributed by atoms with Crippen molar-refractivity contribution in [2.24, 2.45) is 11.8 Å². The summed E-state index contributed by atoms with van der Waals surface area (Å²) >= 11 is 6.24. The van der Waals surface area contributed by atoms with Crippen LogP contribution in [0.25, 0.3) is 0 Å². The molecular formula is C16H24ClN. The zero-order chi connectivity index (χ0) is 13.0. The highest BCUT2D eigenvalue weighted by atomic mass is 35.5. The van der Waals surface area contributed by atoms with E-state index in [1.54, 1.807) is 0 Å². The molecule has 1 aliphatic rings. The molecule has 1 N–H and O–H groups in total. The number of rotatable bonds is 4. The van der Waals surface area contributed by atoms with E-state index in [4.69, 9.17) is 11.6 Å². The molecule has 0 amide bonds. The second kappa shape index (κ2) is 6.58. The summed E-state index contributed by atoms with van der Waals surface area (Å²) in [6.07, 6.45) is 5.61. The fraction of sp³-hybridized carbons (Fsp3) is 0.625. The van der Waals surface area contributed by atoms with E-state index >= 15 is 0 Å². The van der Waals surface area contributed by atoms with Crippen LogP contribution in [0.15, 0.2) is 18.2 Å². The second-order valence-corrected chi connectivity index (χ2v) is 6.15. The molecule has 1 fully saturated rings. The van der Waals surface area contributed by atoms with E-state index in [1.807, 2.05) is 6.07 Å². The summed E-state index contributed by atoms with van der Waals surface area (Å²) in [5.74, 6) is 1.72. The normalized spacial score (nSPS) is 24.2. The van der Waals surface area contributed by atoms with Crippen LogP contribution in [-0.2, 0) is 6.54 Å². The maximum atomic E-state index is 6.24. The van der Waals surface area contributed by atoms with Crippen molar-refractivity contribution >= 4 is 11.6 Å². The molecule has 1 aromatic rings. The quantitative estimate of drug-likeness (QED) is 0.841. The Bertz CT molecular complexity index is 389. The van der Waals surface area contributed by atoms with Gasteiger partial charge in [0.05, 0.1) is 0 Å². The molecule has 0 aromatic heterocycles. The Labute approximate surface area is 116 Å². The molecular weight excluding hydrogens is 242 g/mol. The van der Waals surface area contributed by atoms with Gasteiger partial charge in [-0.1, -0.05) is 49.9 Å². The van der Waals surface area contributed by atoms with Gasteiger partial charge in [-0.05, 0) is 48.9 Å². The SMILES string of the molecule is Cc1ccc(CNCC2CCCCC2C)c(Cl)c1. The summed E-state index contributed by atoms with van der Waals surface area (Å²) in [7, 11) is 0. The minimum Gasteiger partial charge on any atom is -0.312 e. The molecule has 0 bridgehead atoms. The van der Waals surface area contributed by atoms with Gasteiger partial charge in [-0.3, -0.25) is 0 Å². The number of benzene rings is 1. The van der Waals surface area contributed by atoms with Gasteiger partial charge >= 0.3 is 0 Å². The van der Waals surface area contributed by atoms with E-state index in [9.17, 15) is 0 Å². The third kappa shape index (κ3) is 3.73. The van der Waals surface area contributed by atoms with E-state index in [0.717, 1.165) is 29.9 Å². The summed E-state index contributed by atoms with van der Waals surface area (Å²) < 4.78 is 0. The smallest absolute Gasteiger partial charge is 0.0453 e. The second-order valence-electron chi connectivity index (χ2n) is 5.75. The van der Waals surface area contributed by atoms with Crippen molar-refractivity contribution in [2.75, 3.05) is 6.54 Å². The zero-order valence-corrected chi connectivity index (χ0v) is 12.3. The van der Waals surface area contributed by atoms with Crippen molar-refractivity contribution in [1.82, 2.24) is 5.32 Å². The first-order valence-electron chi connectivity index (χ1n) is 7.12. The molecule has 2 rings (SSSR count). The van der Waals surface area contributed by atoms with Crippen LogP contribution in [0.4, 0.5) is 0 Å². The summed E-state index contributed by atoms with van der Waals surface area (Å²) in [5.41, 5.74) is 2.44. The van der Waals surface area contributed by atoms with Gasteiger partial charge < -0.3 is 5.32 Å². The van der Waals surface area contributed by atoms with E-state index in [0.29, 0.717) is 0 Å². The molecule has 0 aliphatic heterocycles. The monoisotopic (exact) mass is 265 g/mol. The Balaban J connectivity index is 1.81. The lowest BCUT2D eigenvalue weighted by Gasteiger charge is -2.29. The summed E-state index contributed by atoms with van der Waals surface area (Å²) in [4.78, 5) is 0. The highest BCUT2D eigenvalue weighted by Crippen LogP contribution is 2.29. The predicted octanol–water partition coefficient (Wildman–Crippen LogP) is 4.56. The van der Waals surface area contributed by atoms with Crippen molar-refractivity contribution in [3.8, 4) is 0 Å². The molecule has 100 valence electrons. The van der Waals surface area contributed by atoms with Crippen LogP contribution >= 0.6 is 11.6 Å². The third-order valence-electron chi connectivity index (χ3n) is 4.22. The molecule has 1 aromatic carbocycles. The molecule has 2 atom stereocenters. The molecule has 2 unspecified atom stereocenters. The lowest BCUT2D eigenvalue weighted by molar-refractivity contribution is 0.247. The number of nitrogens with one attached hydrogen (secondary N) is 1. The Morgan fingerprint density at radius 3 is 2.78 bits per heavy atom. The standard InChI is InChI=1S/C16H24ClN/c1-12-7-8-15(16(17)9-12)11-18-10-14-6-4-3-5-13(14)2/h7-9,13-14,18H,3-6,10-11H2,1-2H3. The Hall–Kier alpha value is -0.530. The van der Waals surface area contributed by atoms with Crippen LogP contribution in [0.1, 0.15) is 43.7 Å². The van der Waals surface area contributed by atoms with Gasteiger partial charge in [0.2, 0.25) is 0 Å². The maximum Gasteiger partial charge on any atom is 0.0453 e. The summed E-state index contributed by atoms with van der Waals surface area (Å²) in [6.45, 7) is 6.49. The van der Waals surface area contributed by atoms with Gasteiger partial charge in [0.1, 0.15) is 0 Å². The highest BCUT2D eigenvalue weighted by molar-refractivity contribution is 6.31. The van der Waals surface area contributed by atoms with Crippen LogP contribution in [0.5, 0.6) is 0 Å². The molecule has 18 heavy (non-hydrogen) atoms. The topological polar surface area (TPSA) is 12.0 Å². The van der Waals surface area contributed by atoms with Gasteiger partial charge in [-0.15, -0.1) is 0 Å². The van der Waals surface area contributed by atoms with Crippen LogP contribution in [0.2, 0.25) is 5.02 Å². The Morgan fingerprint density at radius 2 is 2.06 bits per heavy atom. The van der Waals surface area contributed by atoms with Gasteiger partial charge in [0, 0.05) is 11.6 Å². The molecule has 1 saturated carbocycles. The van der Waals surface area contributed by atoms with Crippen molar-refractivity contribution in [3.05, 3.63) is 34.3 Å². The predicted molar refractivity (Wildman–Crippen MR) is 79.0 cm³/mol. The van der Waals surface area contributed by atoms with E-state index < -0.39 is 0 Å². The average Bonchev–Trinajstić information content (AvgIpc) is 2.34. The Kier molecular flexibility index (Phi) is 5.08. The molecule has 1 aliphatic carbocycles. The Morgan fingerprint density at radius 1 is 1.28 bits per heavy atom. The lowest BCUT2D eigenvalue weighted by atomic mass is 9.80. The number of hydrogen-bond acceptors (Lipinski definition) is 1. The number of aryl methyl sites for hydroxylation is 1. The fourth-order valence-corrected chi connectivity index (χ4v) is 3.19. The first-order chi connectivity index (χ1) is 8.66. The largest absolute Gasteiger partial charge is 0.312 e. The minimum absolute atomic E-state index is 0.850. The van der Waals surface area contributed by atoms with Crippen molar-refractivity contribution in [2.45, 2.75) is 46.1 Å². The molecule has 2 heteroatoms. The number of halogens is 1. The van der Waals surface area contributed by atoms with Crippen LogP contribution < -0.4 is 5.32 Å². The molecule has 0 spiro atoms. The van der Waals surface area contributed by atoms with Crippen LogP contribution in [0, 0.1) is 18.8 Å². The van der Waals surface area contributed by atoms with Crippen LogP contribution in [-0.4, -0.2) is 6.54 Å². The van der Waals surface area contributed by atoms with Crippen LogP contribution in [0.3, 0.4) is 0 Å². The van der Waals surface area contributed by atoms with E-state index in [-0.39, 0.29) is 0 Å². The van der Waals surface area contributed by atoms with Gasteiger partial charge in [0.15, 0.2) is 0 Å². The third-order valence-corrected chi connectivity index (χ3v) is 4.57. The summed E-state index contributed by atoms with van der Waals surface area (Å²) in [6, 6.07) is 6.31. The van der Waals surface area contributed by atoms with Crippen molar-refractivity contribution < 1.29 is 0 Å². The maximum absolute atomic E-state index is 6.24. The number of hydrogen-bond donors (Lipinski definition) is 1. The average molecular weight is 266 g/mol. The minimum atomic E-state index is 0.850. The fourth-order valence-electron chi connectivity index (χ4n) is 2.88. The molecule has 0 saturated heterocycles. The molecule has 0 radical (unpaired) electrons. The van der Waals surface area contributed by atoms with Crippen molar-refractivity contribution in [3.63, 3.8) is 0 Å². The molecule has 1 nitrogen and oxygen atoms in total. The first kappa shape index (κ1) is 13.9. The zero-order valence-electron chi connectivity index (χ0n) is 11.5. The van der Waals surface area contributed by atoms with E-state index in [2.05, 4.69) is 31.3 Å². The van der Waals surface area contributed by atoms with Gasteiger partial charge in [0.25, 0.3) is 0 Å². The van der Waals surface area contributed by atoms with Gasteiger partial charge in [-0.25, -0.2) is 0 Å². The molecule has 0 heterocycles. The first-order valence-corrected chi connectivity index (χ1v) is 7.50. The van der Waals surface area contributed by atoms with Crippen molar-refractivity contribution in [1.29, 1.82) is 0 Å².